The number of aromatic nitrogens is 2. The molecule has 0 radical (unpaired) electrons. The second-order valence-electron chi connectivity index (χ2n) is 6.43. The first-order valence-corrected chi connectivity index (χ1v) is 8.77. The molecule has 4 aromatic rings. The number of amides is 2. The molecule has 140 valence electrons. The lowest BCUT2D eigenvalue weighted by molar-refractivity contribution is 0.0946. The number of anilines is 1. The first-order chi connectivity index (χ1) is 13.6. The molecule has 0 unspecified atom stereocenters. The normalized spacial score (nSPS) is 10.8. The van der Waals surface area contributed by atoms with Gasteiger partial charge in [-0.15, -0.1) is 0 Å². The molecule has 0 saturated heterocycles. The number of benzene rings is 2. The van der Waals surface area contributed by atoms with Crippen LogP contribution in [0.2, 0.25) is 0 Å². The fourth-order valence-corrected chi connectivity index (χ4v) is 2.87. The van der Waals surface area contributed by atoms with Crippen LogP contribution < -0.4 is 10.6 Å². The number of H-pyrrole nitrogens is 1. The van der Waals surface area contributed by atoms with Gasteiger partial charge >= 0.3 is 0 Å². The number of aromatic amines is 1. The van der Waals surface area contributed by atoms with Crippen LogP contribution in [0.25, 0.3) is 10.9 Å². The first kappa shape index (κ1) is 17.5. The number of hydrogen-bond donors (Lipinski definition) is 3. The van der Waals surface area contributed by atoms with Crippen molar-refractivity contribution in [1.82, 2.24) is 15.5 Å². The van der Waals surface area contributed by atoms with Crippen molar-refractivity contribution in [3.05, 3.63) is 83.4 Å². The van der Waals surface area contributed by atoms with Crippen LogP contribution in [0.3, 0.4) is 0 Å². The molecule has 2 aromatic carbocycles. The van der Waals surface area contributed by atoms with E-state index in [1.54, 1.807) is 24.3 Å². The van der Waals surface area contributed by atoms with Gasteiger partial charge in [0.05, 0.1) is 11.8 Å². The van der Waals surface area contributed by atoms with Gasteiger partial charge in [-0.05, 0) is 48.9 Å². The molecule has 0 aliphatic carbocycles. The Hall–Kier alpha value is -3.87. The van der Waals surface area contributed by atoms with E-state index in [1.807, 2.05) is 37.3 Å². The van der Waals surface area contributed by atoms with Gasteiger partial charge in [0, 0.05) is 17.6 Å². The number of rotatable bonds is 5. The van der Waals surface area contributed by atoms with Crippen LogP contribution in [-0.2, 0) is 6.54 Å². The molecule has 4 rings (SSSR count). The highest BCUT2D eigenvalue weighted by molar-refractivity contribution is 6.04. The maximum atomic E-state index is 12.5. The molecule has 2 aromatic heterocycles. The van der Waals surface area contributed by atoms with Gasteiger partial charge in [0.1, 0.15) is 0 Å². The maximum Gasteiger partial charge on any atom is 0.291 e. The third-order valence-electron chi connectivity index (χ3n) is 4.34. The summed E-state index contributed by atoms with van der Waals surface area (Å²) in [5.41, 5.74) is 3.81. The average molecular weight is 374 g/mol. The predicted molar refractivity (Wildman–Crippen MR) is 105 cm³/mol. The summed E-state index contributed by atoms with van der Waals surface area (Å²) >= 11 is 0. The summed E-state index contributed by atoms with van der Waals surface area (Å²) in [6.45, 7) is 2.33. The minimum atomic E-state index is -0.313. The molecule has 28 heavy (non-hydrogen) atoms. The van der Waals surface area contributed by atoms with Crippen molar-refractivity contribution in [3.8, 4) is 0 Å². The van der Waals surface area contributed by atoms with Crippen molar-refractivity contribution in [3.63, 3.8) is 0 Å². The van der Waals surface area contributed by atoms with Crippen LogP contribution in [0.1, 0.15) is 32.2 Å². The summed E-state index contributed by atoms with van der Waals surface area (Å²) < 4.78 is 5.06. The largest absolute Gasteiger partial charge is 0.459 e. The molecular weight excluding hydrogens is 356 g/mol. The molecular formula is C21H18N4O3. The zero-order chi connectivity index (χ0) is 19.5. The Morgan fingerprint density at radius 2 is 1.89 bits per heavy atom. The van der Waals surface area contributed by atoms with Crippen LogP contribution in [0.5, 0.6) is 0 Å². The number of aryl methyl sites for hydroxylation is 1. The van der Waals surface area contributed by atoms with Gasteiger partial charge in [0.2, 0.25) is 0 Å². The molecule has 7 nitrogen and oxygen atoms in total. The molecule has 7 heteroatoms. The van der Waals surface area contributed by atoms with E-state index in [2.05, 4.69) is 20.8 Å². The third kappa shape index (κ3) is 3.64. The van der Waals surface area contributed by atoms with Gasteiger partial charge in [0.15, 0.2) is 11.5 Å². The number of carbonyl (C=O) groups is 2. The van der Waals surface area contributed by atoms with Crippen LogP contribution in [0, 0.1) is 6.92 Å². The van der Waals surface area contributed by atoms with Crippen molar-refractivity contribution in [1.29, 1.82) is 0 Å². The van der Waals surface area contributed by atoms with Crippen LogP contribution in [-0.4, -0.2) is 22.0 Å². The molecule has 3 N–H and O–H groups in total. The number of nitrogens with zero attached hydrogens (tertiary/aromatic N) is 1. The van der Waals surface area contributed by atoms with E-state index < -0.39 is 0 Å². The van der Waals surface area contributed by atoms with E-state index in [-0.39, 0.29) is 17.6 Å². The van der Waals surface area contributed by atoms with E-state index in [9.17, 15) is 9.59 Å². The number of nitrogens with one attached hydrogen (secondary N) is 3. The molecule has 0 bridgehead atoms. The highest BCUT2D eigenvalue weighted by Crippen LogP contribution is 2.18. The number of carbonyl (C=O) groups excluding carboxylic acids is 2. The minimum Gasteiger partial charge on any atom is -0.459 e. The lowest BCUT2D eigenvalue weighted by Gasteiger charge is -2.07. The Labute approximate surface area is 160 Å². The predicted octanol–water partition coefficient (Wildman–Crippen LogP) is 3.65. The van der Waals surface area contributed by atoms with Gasteiger partial charge in [-0.2, -0.15) is 5.10 Å². The summed E-state index contributed by atoms with van der Waals surface area (Å²) in [7, 11) is 0. The second kappa shape index (κ2) is 7.40. The van der Waals surface area contributed by atoms with Crippen LogP contribution >= 0.6 is 0 Å². The molecule has 0 saturated carbocycles. The Bertz CT molecular complexity index is 1130. The molecule has 0 aliphatic rings. The van der Waals surface area contributed by atoms with Crippen molar-refractivity contribution in [2.75, 3.05) is 5.32 Å². The molecule has 0 spiro atoms. The smallest absolute Gasteiger partial charge is 0.291 e. The van der Waals surface area contributed by atoms with E-state index >= 15 is 0 Å². The monoisotopic (exact) mass is 374 g/mol. The lowest BCUT2D eigenvalue weighted by Crippen LogP contribution is -2.23. The van der Waals surface area contributed by atoms with Crippen molar-refractivity contribution in [2.45, 2.75) is 13.5 Å². The number of fused-ring (bicyclic) bond motifs is 1. The van der Waals surface area contributed by atoms with Gasteiger partial charge in [-0.25, -0.2) is 0 Å². The molecule has 0 atom stereocenters. The van der Waals surface area contributed by atoms with Crippen LogP contribution in [0.4, 0.5) is 5.69 Å². The topological polar surface area (TPSA) is 100 Å². The van der Waals surface area contributed by atoms with Crippen molar-refractivity contribution >= 4 is 28.4 Å². The number of hydrogen-bond acceptors (Lipinski definition) is 4. The minimum absolute atomic E-state index is 0.243. The molecule has 2 amide bonds. The van der Waals surface area contributed by atoms with Gasteiger partial charge in [0.25, 0.3) is 11.8 Å². The van der Waals surface area contributed by atoms with Crippen molar-refractivity contribution < 1.29 is 14.0 Å². The first-order valence-electron chi connectivity index (χ1n) is 8.77. The summed E-state index contributed by atoms with van der Waals surface area (Å²) in [5.74, 6) is -0.309. The van der Waals surface area contributed by atoms with Gasteiger partial charge < -0.3 is 15.1 Å². The van der Waals surface area contributed by atoms with Crippen LogP contribution in [0.15, 0.2) is 65.3 Å². The zero-order valence-electron chi connectivity index (χ0n) is 15.2. The standard InChI is InChI=1S/C21H18N4O3/c1-13-4-9-17-16(11-13)19(25-24-17)21(27)22-12-14-5-7-15(8-6-14)23-20(26)18-3-2-10-28-18/h2-11H,12H2,1H3,(H,22,27)(H,23,26)(H,24,25). The third-order valence-corrected chi connectivity index (χ3v) is 4.34. The fourth-order valence-electron chi connectivity index (χ4n) is 2.87. The van der Waals surface area contributed by atoms with E-state index in [0.29, 0.717) is 17.9 Å². The van der Waals surface area contributed by atoms with E-state index in [1.165, 1.54) is 6.26 Å². The molecule has 0 aliphatic heterocycles. The van der Waals surface area contributed by atoms with E-state index in [4.69, 9.17) is 4.42 Å². The highest BCUT2D eigenvalue weighted by atomic mass is 16.3. The average Bonchev–Trinajstić information content (AvgIpc) is 3.37. The fraction of sp³-hybridized carbons (Fsp3) is 0.0952. The van der Waals surface area contributed by atoms with Gasteiger partial charge in [-0.3, -0.25) is 14.7 Å². The summed E-state index contributed by atoms with van der Waals surface area (Å²) in [4.78, 5) is 24.5. The molecule has 0 fully saturated rings. The Morgan fingerprint density at radius 3 is 2.64 bits per heavy atom. The highest BCUT2D eigenvalue weighted by Gasteiger charge is 2.14. The lowest BCUT2D eigenvalue weighted by atomic mass is 10.1. The second-order valence-corrected chi connectivity index (χ2v) is 6.43. The Kier molecular flexibility index (Phi) is 4.63. The number of furan rings is 1. The molecule has 2 heterocycles. The maximum absolute atomic E-state index is 12.5. The summed E-state index contributed by atoms with van der Waals surface area (Å²) in [6, 6.07) is 16.3. The summed E-state index contributed by atoms with van der Waals surface area (Å²) in [6.07, 6.45) is 1.45. The zero-order valence-corrected chi connectivity index (χ0v) is 15.2. The van der Waals surface area contributed by atoms with E-state index in [0.717, 1.165) is 22.0 Å². The Balaban J connectivity index is 1.38. The quantitative estimate of drug-likeness (QED) is 0.496. The Morgan fingerprint density at radius 1 is 1.07 bits per heavy atom. The summed E-state index contributed by atoms with van der Waals surface area (Å²) in [5, 5.41) is 13.4. The van der Waals surface area contributed by atoms with Gasteiger partial charge in [-0.1, -0.05) is 23.8 Å². The van der Waals surface area contributed by atoms with Crippen molar-refractivity contribution in [2.24, 2.45) is 0 Å². The SMILES string of the molecule is Cc1ccc2[nH]nc(C(=O)NCc3ccc(NC(=O)c4ccco4)cc3)c2c1.